The number of hydrogen-bond acceptors (Lipinski definition) is 7. The third-order valence-electron chi connectivity index (χ3n) is 4.11. The average Bonchev–Trinajstić information content (AvgIpc) is 3.11. The van der Waals surface area contributed by atoms with E-state index in [4.69, 9.17) is 0 Å². The topological polar surface area (TPSA) is 99.7 Å². The second-order valence-electron chi connectivity index (χ2n) is 5.82. The third kappa shape index (κ3) is 3.32. The molecule has 0 saturated carbocycles. The zero-order valence-corrected chi connectivity index (χ0v) is 13.5. The Morgan fingerprint density at radius 3 is 2.88 bits per heavy atom. The van der Waals surface area contributed by atoms with E-state index in [1.807, 2.05) is 35.2 Å². The van der Waals surface area contributed by atoms with Crippen LogP contribution in [0.4, 0.5) is 11.8 Å². The highest BCUT2D eigenvalue weighted by Crippen LogP contribution is 2.18. The molecule has 2 N–H and O–H groups in total. The third-order valence-corrected chi connectivity index (χ3v) is 4.11. The Kier molecular flexibility index (Phi) is 4.07. The van der Waals surface area contributed by atoms with Crippen molar-refractivity contribution >= 4 is 11.8 Å². The molecule has 1 aromatic carbocycles. The lowest BCUT2D eigenvalue weighted by Crippen LogP contribution is -2.31. The number of hydrogen-bond donors (Lipinski definition) is 2. The standard InChI is InChI=1S/C17H17N7O/c25-16-15(18-7-8-19-16)24-9-6-13(10-24)22-17-21-11-20-14(23-17)12-4-2-1-3-5-12/h1-5,7-8,11,13H,6,9-10H2,(H,19,25)(H,20,21,22,23). The number of nitrogens with one attached hydrogen (secondary N) is 2. The number of aromatic nitrogens is 5. The Hall–Kier alpha value is -3.29. The predicted molar refractivity (Wildman–Crippen MR) is 94.4 cm³/mol. The van der Waals surface area contributed by atoms with Gasteiger partial charge in [0, 0.05) is 37.1 Å². The fraction of sp³-hybridized carbons (Fsp3) is 0.235. The minimum Gasteiger partial charge on any atom is -0.350 e. The van der Waals surface area contributed by atoms with E-state index >= 15 is 0 Å². The lowest BCUT2D eigenvalue weighted by Gasteiger charge is -2.16. The summed E-state index contributed by atoms with van der Waals surface area (Å²) in [5.41, 5.74) is 0.774. The Labute approximate surface area is 144 Å². The molecule has 25 heavy (non-hydrogen) atoms. The zero-order valence-electron chi connectivity index (χ0n) is 13.5. The van der Waals surface area contributed by atoms with E-state index < -0.39 is 0 Å². The van der Waals surface area contributed by atoms with Crippen LogP contribution in [0.5, 0.6) is 0 Å². The van der Waals surface area contributed by atoms with Crippen LogP contribution in [-0.4, -0.2) is 44.1 Å². The largest absolute Gasteiger partial charge is 0.350 e. The molecule has 8 heteroatoms. The first-order valence-corrected chi connectivity index (χ1v) is 8.09. The summed E-state index contributed by atoms with van der Waals surface area (Å²) in [4.78, 5) is 33.6. The van der Waals surface area contributed by atoms with Crippen LogP contribution in [0, 0.1) is 0 Å². The molecule has 1 unspecified atom stereocenters. The molecule has 0 bridgehead atoms. The molecule has 3 heterocycles. The Bertz CT molecular complexity index is 912. The molecule has 1 saturated heterocycles. The molecule has 4 rings (SSSR count). The highest BCUT2D eigenvalue weighted by molar-refractivity contribution is 5.55. The van der Waals surface area contributed by atoms with Gasteiger partial charge in [0.2, 0.25) is 5.95 Å². The van der Waals surface area contributed by atoms with Gasteiger partial charge in [0.05, 0.1) is 0 Å². The Balaban J connectivity index is 1.47. The number of nitrogens with zero attached hydrogens (tertiary/aromatic N) is 5. The highest BCUT2D eigenvalue weighted by atomic mass is 16.1. The lowest BCUT2D eigenvalue weighted by molar-refractivity contribution is 0.788. The predicted octanol–water partition coefficient (Wildman–Crippen LogP) is 1.31. The molecule has 1 fully saturated rings. The van der Waals surface area contributed by atoms with Crippen molar-refractivity contribution in [3.8, 4) is 11.4 Å². The van der Waals surface area contributed by atoms with Gasteiger partial charge in [-0.05, 0) is 6.42 Å². The Morgan fingerprint density at radius 2 is 2.04 bits per heavy atom. The van der Waals surface area contributed by atoms with Crippen LogP contribution in [0.15, 0.2) is 53.8 Å². The van der Waals surface area contributed by atoms with Gasteiger partial charge in [0.25, 0.3) is 5.56 Å². The minimum atomic E-state index is -0.172. The van der Waals surface area contributed by atoms with Gasteiger partial charge < -0.3 is 15.2 Å². The number of anilines is 2. The van der Waals surface area contributed by atoms with E-state index in [0.29, 0.717) is 24.1 Å². The maximum absolute atomic E-state index is 11.9. The minimum absolute atomic E-state index is 0.146. The maximum Gasteiger partial charge on any atom is 0.290 e. The molecule has 8 nitrogen and oxygen atoms in total. The number of H-pyrrole nitrogens is 1. The molecular weight excluding hydrogens is 318 g/mol. The van der Waals surface area contributed by atoms with Gasteiger partial charge in [-0.1, -0.05) is 30.3 Å². The van der Waals surface area contributed by atoms with E-state index in [0.717, 1.165) is 18.5 Å². The van der Waals surface area contributed by atoms with E-state index in [9.17, 15) is 4.79 Å². The fourth-order valence-corrected chi connectivity index (χ4v) is 2.91. The quantitative estimate of drug-likeness (QED) is 0.741. The first kappa shape index (κ1) is 15.3. The van der Waals surface area contributed by atoms with Gasteiger partial charge in [-0.25, -0.2) is 15.0 Å². The smallest absolute Gasteiger partial charge is 0.290 e. The molecule has 1 aliphatic heterocycles. The summed E-state index contributed by atoms with van der Waals surface area (Å²) in [6.07, 6.45) is 5.51. The van der Waals surface area contributed by atoms with Crippen LogP contribution in [0.3, 0.4) is 0 Å². The maximum atomic E-state index is 11.9. The van der Waals surface area contributed by atoms with E-state index in [1.165, 1.54) is 12.5 Å². The summed E-state index contributed by atoms with van der Waals surface area (Å²) in [6, 6.07) is 9.92. The summed E-state index contributed by atoms with van der Waals surface area (Å²) in [5, 5.41) is 3.33. The van der Waals surface area contributed by atoms with Gasteiger partial charge in [-0.3, -0.25) is 4.79 Å². The first-order valence-electron chi connectivity index (χ1n) is 8.09. The summed E-state index contributed by atoms with van der Waals surface area (Å²) in [5.74, 6) is 1.62. The van der Waals surface area contributed by atoms with Crippen molar-refractivity contribution in [1.82, 2.24) is 24.9 Å². The molecule has 126 valence electrons. The number of rotatable bonds is 4. The zero-order chi connectivity index (χ0) is 17.1. The summed E-state index contributed by atoms with van der Waals surface area (Å²) in [7, 11) is 0. The molecular formula is C17H17N7O. The van der Waals surface area contributed by atoms with Crippen molar-refractivity contribution in [2.45, 2.75) is 12.5 Å². The van der Waals surface area contributed by atoms with Crippen LogP contribution >= 0.6 is 0 Å². The van der Waals surface area contributed by atoms with Gasteiger partial charge in [0.1, 0.15) is 6.33 Å². The number of benzene rings is 1. The number of aromatic amines is 1. The van der Waals surface area contributed by atoms with E-state index in [1.54, 1.807) is 6.20 Å². The molecule has 0 spiro atoms. The molecule has 1 aliphatic rings. The highest BCUT2D eigenvalue weighted by Gasteiger charge is 2.25. The lowest BCUT2D eigenvalue weighted by atomic mass is 10.2. The van der Waals surface area contributed by atoms with Crippen molar-refractivity contribution in [2.24, 2.45) is 0 Å². The molecule has 2 aromatic heterocycles. The van der Waals surface area contributed by atoms with Gasteiger partial charge in [-0.15, -0.1) is 0 Å². The van der Waals surface area contributed by atoms with Crippen LogP contribution in [0.1, 0.15) is 6.42 Å². The summed E-state index contributed by atoms with van der Waals surface area (Å²) in [6.45, 7) is 1.43. The van der Waals surface area contributed by atoms with E-state index in [2.05, 4.69) is 30.2 Å². The monoisotopic (exact) mass is 335 g/mol. The molecule has 0 aliphatic carbocycles. The van der Waals surface area contributed by atoms with Crippen LogP contribution in [-0.2, 0) is 0 Å². The van der Waals surface area contributed by atoms with E-state index in [-0.39, 0.29) is 11.6 Å². The first-order chi connectivity index (χ1) is 12.3. The van der Waals surface area contributed by atoms with Crippen LogP contribution < -0.4 is 15.8 Å². The van der Waals surface area contributed by atoms with Crippen molar-refractivity contribution in [3.05, 3.63) is 59.4 Å². The molecule has 1 atom stereocenters. The summed E-state index contributed by atoms with van der Waals surface area (Å²) < 4.78 is 0. The SMILES string of the molecule is O=c1[nH]ccnc1N1CCC(Nc2ncnc(-c3ccccc3)n2)C1. The van der Waals surface area contributed by atoms with Crippen molar-refractivity contribution in [3.63, 3.8) is 0 Å². The van der Waals surface area contributed by atoms with Crippen molar-refractivity contribution in [1.29, 1.82) is 0 Å². The van der Waals surface area contributed by atoms with Gasteiger partial charge >= 0.3 is 0 Å². The van der Waals surface area contributed by atoms with Gasteiger partial charge in [0.15, 0.2) is 11.6 Å². The van der Waals surface area contributed by atoms with Gasteiger partial charge in [-0.2, -0.15) is 4.98 Å². The molecule has 0 amide bonds. The second kappa shape index (κ2) is 6.68. The van der Waals surface area contributed by atoms with Crippen LogP contribution in [0.25, 0.3) is 11.4 Å². The van der Waals surface area contributed by atoms with Crippen molar-refractivity contribution in [2.75, 3.05) is 23.3 Å². The normalized spacial score (nSPS) is 16.8. The molecule has 0 radical (unpaired) electrons. The summed E-state index contributed by atoms with van der Waals surface area (Å²) >= 11 is 0. The Morgan fingerprint density at radius 1 is 1.16 bits per heavy atom. The average molecular weight is 335 g/mol. The van der Waals surface area contributed by atoms with Crippen molar-refractivity contribution < 1.29 is 0 Å². The van der Waals surface area contributed by atoms with Crippen LogP contribution in [0.2, 0.25) is 0 Å². The second-order valence-corrected chi connectivity index (χ2v) is 5.82. The molecule has 3 aromatic rings. The fourth-order valence-electron chi connectivity index (χ4n) is 2.91.